The number of benzene rings is 1. The molecule has 3 rings (SSSR count). The summed E-state index contributed by atoms with van der Waals surface area (Å²) in [7, 11) is 0. The van der Waals surface area contributed by atoms with Crippen molar-refractivity contribution in [2.45, 2.75) is 46.0 Å². The van der Waals surface area contributed by atoms with Crippen molar-refractivity contribution in [1.29, 1.82) is 0 Å². The number of anilines is 2. The van der Waals surface area contributed by atoms with Crippen LogP contribution in [0.5, 0.6) is 0 Å². The largest absolute Gasteiger partial charge is 0.369 e. The van der Waals surface area contributed by atoms with E-state index in [4.69, 9.17) is 15.7 Å². The molecule has 6 heteroatoms. The van der Waals surface area contributed by atoms with E-state index in [2.05, 4.69) is 47.6 Å². The number of hydrogen-bond donors (Lipinski definition) is 3. The van der Waals surface area contributed by atoms with Crippen LogP contribution in [0.4, 0.5) is 11.8 Å². The van der Waals surface area contributed by atoms with Gasteiger partial charge in [-0.2, -0.15) is 4.98 Å². The van der Waals surface area contributed by atoms with Crippen molar-refractivity contribution in [1.82, 2.24) is 14.9 Å². The molecule has 1 aliphatic rings. The Morgan fingerprint density at radius 1 is 1.00 bits per heavy atom. The fraction of sp³-hybridized carbons (Fsp3) is 0.652. The Kier molecular flexibility index (Phi) is 8.50. The fourth-order valence-electron chi connectivity index (χ4n) is 4.25. The molecular weight excluding hydrogens is 360 g/mol. The third-order valence-electron chi connectivity index (χ3n) is 6.29. The van der Waals surface area contributed by atoms with Gasteiger partial charge in [0.05, 0.1) is 5.52 Å². The van der Waals surface area contributed by atoms with Gasteiger partial charge in [0.1, 0.15) is 5.82 Å². The van der Waals surface area contributed by atoms with Crippen LogP contribution in [0.1, 0.15) is 46.0 Å². The van der Waals surface area contributed by atoms with Gasteiger partial charge in [0.25, 0.3) is 0 Å². The monoisotopic (exact) mass is 398 g/mol. The van der Waals surface area contributed by atoms with Crippen LogP contribution in [0, 0.1) is 11.8 Å². The maximum Gasteiger partial charge on any atom is 0.225 e. The lowest BCUT2D eigenvalue weighted by molar-refractivity contribution is 0.289. The molecule has 1 heterocycles. The summed E-state index contributed by atoms with van der Waals surface area (Å²) in [5, 5.41) is 8.14. The maximum absolute atomic E-state index is 5.82. The van der Waals surface area contributed by atoms with E-state index in [0.717, 1.165) is 74.3 Å². The Morgan fingerprint density at radius 3 is 2.45 bits per heavy atom. The number of aromatic nitrogens is 2. The zero-order chi connectivity index (χ0) is 20.5. The highest BCUT2D eigenvalue weighted by atomic mass is 15.1. The Morgan fingerprint density at radius 2 is 1.72 bits per heavy atom. The molecule has 29 heavy (non-hydrogen) atoms. The van der Waals surface area contributed by atoms with E-state index in [0.29, 0.717) is 5.92 Å². The summed E-state index contributed by atoms with van der Waals surface area (Å²) in [5.74, 6) is 3.08. The molecule has 0 amide bonds. The molecule has 1 fully saturated rings. The molecule has 0 saturated heterocycles. The SMILES string of the molecule is CCN(CC)CCCNc1nc(NC[C@H]2CC[C@H](CN)CC2)nc2ccccc12. The van der Waals surface area contributed by atoms with Gasteiger partial charge in [-0.05, 0) is 82.3 Å². The number of hydrogen-bond acceptors (Lipinski definition) is 6. The predicted octanol–water partition coefficient (Wildman–Crippen LogP) is 3.95. The molecule has 0 unspecified atom stereocenters. The Hall–Kier alpha value is -1.92. The first kappa shape index (κ1) is 21.8. The summed E-state index contributed by atoms with van der Waals surface area (Å²) >= 11 is 0. The molecule has 0 spiro atoms. The van der Waals surface area contributed by atoms with Crippen LogP contribution in [0.2, 0.25) is 0 Å². The molecule has 160 valence electrons. The molecule has 1 aromatic carbocycles. The summed E-state index contributed by atoms with van der Waals surface area (Å²) in [4.78, 5) is 12.0. The summed E-state index contributed by atoms with van der Waals surface area (Å²) in [6.45, 7) is 10.4. The van der Waals surface area contributed by atoms with Crippen molar-refractivity contribution < 1.29 is 0 Å². The number of rotatable bonds is 11. The zero-order valence-electron chi connectivity index (χ0n) is 18.2. The Bertz CT molecular complexity index is 737. The van der Waals surface area contributed by atoms with Crippen LogP contribution in [0.15, 0.2) is 24.3 Å². The van der Waals surface area contributed by atoms with E-state index in [-0.39, 0.29) is 0 Å². The van der Waals surface area contributed by atoms with Crippen LogP contribution < -0.4 is 16.4 Å². The third kappa shape index (κ3) is 6.28. The normalized spacial score (nSPS) is 19.6. The minimum Gasteiger partial charge on any atom is -0.369 e. The number of para-hydroxylation sites is 1. The summed E-state index contributed by atoms with van der Waals surface area (Å²) in [6, 6.07) is 8.25. The maximum atomic E-state index is 5.82. The first-order valence-corrected chi connectivity index (χ1v) is 11.4. The van der Waals surface area contributed by atoms with Gasteiger partial charge < -0.3 is 21.3 Å². The average molecular weight is 399 g/mol. The van der Waals surface area contributed by atoms with Gasteiger partial charge in [-0.1, -0.05) is 26.0 Å². The highest BCUT2D eigenvalue weighted by Crippen LogP contribution is 2.28. The molecule has 0 bridgehead atoms. The second-order valence-electron chi connectivity index (χ2n) is 8.22. The molecule has 4 N–H and O–H groups in total. The van der Waals surface area contributed by atoms with Crippen LogP contribution in [-0.2, 0) is 0 Å². The third-order valence-corrected chi connectivity index (χ3v) is 6.29. The number of nitrogens with one attached hydrogen (secondary N) is 2. The lowest BCUT2D eigenvalue weighted by Crippen LogP contribution is -2.26. The van der Waals surface area contributed by atoms with Gasteiger partial charge in [-0.25, -0.2) is 4.98 Å². The van der Waals surface area contributed by atoms with Crippen molar-refractivity contribution in [3.8, 4) is 0 Å². The molecule has 6 nitrogen and oxygen atoms in total. The van der Waals surface area contributed by atoms with Crippen LogP contribution in [0.3, 0.4) is 0 Å². The average Bonchev–Trinajstić information content (AvgIpc) is 2.78. The number of fused-ring (bicyclic) bond motifs is 1. The zero-order valence-corrected chi connectivity index (χ0v) is 18.2. The molecule has 1 saturated carbocycles. The number of nitrogens with zero attached hydrogens (tertiary/aromatic N) is 3. The summed E-state index contributed by atoms with van der Waals surface area (Å²) < 4.78 is 0. The first-order valence-electron chi connectivity index (χ1n) is 11.4. The second kappa shape index (κ2) is 11.3. The Labute approximate surface area is 175 Å². The van der Waals surface area contributed by atoms with Crippen molar-refractivity contribution >= 4 is 22.7 Å². The van der Waals surface area contributed by atoms with Crippen LogP contribution in [0.25, 0.3) is 10.9 Å². The molecule has 0 radical (unpaired) electrons. The van der Waals surface area contributed by atoms with Gasteiger partial charge >= 0.3 is 0 Å². The fourth-order valence-corrected chi connectivity index (χ4v) is 4.25. The smallest absolute Gasteiger partial charge is 0.225 e. The van der Waals surface area contributed by atoms with E-state index in [9.17, 15) is 0 Å². The van der Waals surface area contributed by atoms with Gasteiger partial charge in [-0.15, -0.1) is 0 Å². The second-order valence-corrected chi connectivity index (χ2v) is 8.22. The van der Waals surface area contributed by atoms with Crippen molar-refractivity contribution in [2.24, 2.45) is 17.6 Å². The Balaban J connectivity index is 1.60. The molecular formula is C23H38N6. The minimum absolute atomic E-state index is 0.693. The quantitative estimate of drug-likeness (QED) is 0.497. The van der Waals surface area contributed by atoms with Crippen molar-refractivity contribution in [3.63, 3.8) is 0 Å². The summed E-state index contributed by atoms with van der Waals surface area (Å²) in [6.07, 6.45) is 6.10. The molecule has 1 aliphatic carbocycles. The van der Waals surface area contributed by atoms with E-state index in [1.165, 1.54) is 25.7 Å². The van der Waals surface area contributed by atoms with Crippen LogP contribution in [-0.4, -0.2) is 54.1 Å². The van der Waals surface area contributed by atoms with Gasteiger partial charge in [0, 0.05) is 18.5 Å². The topological polar surface area (TPSA) is 79.1 Å². The van der Waals surface area contributed by atoms with E-state index in [1.807, 2.05) is 6.07 Å². The molecule has 0 atom stereocenters. The lowest BCUT2D eigenvalue weighted by atomic mass is 9.82. The predicted molar refractivity (Wildman–Crippen MR) is 123 cm³/mol. The lowest BCUT2D eigenvalue weighted by Gasteiger charge is -2.27. The molecule has 2 aromatic rings. The van der Waals surface area contributed by atoms with Gasteiger partial charge in [0.15, 0.2) is 0 Å². The minimum atomic E-state index is 0.693. The highest BCUT2D eigenvalue weighted by molar-refractivity contribution is 5.89. The summed E-state index contributed by atoms with van der Waals surface area (Å²) in [5.41, 5.74) is 6.81. The molecule has 1 aromatic heterocycles. The van der Waals surface area contributed by atoms with Gasteiger partial charge in [-0.3, -0.25) is 0 Å². The first-order chi connectivity index (χ1) is 14.2. The van der Waals surface area contributed by atoms with E-state index < -0.39 is 0 Å². The van der Waals surface area contributed by atoms with E-state index >= 15 is 0 Å². The molecule has 0 aliphatic heterocycles. The van der Waals surface area contributed by atoms with E-state index in [1.54, 1.807) is 0 Å². The van der Waals surface area contributed by atoms with Crippen LogP contribution >= 0.6 is 0 Å². The standard InChI is InChI=1S/C23H38N6/c1-3-29(4-2)15-7-14-25-22-20-8-5-6-9-21(20)27-23(28-22)26-17-19-12-10-18(16-24)11-13-19/h5-6,8-9,18-19H,3-4,7,10-17,24H2,1-2H3,(H2,25,26,27,28)/t18-,19-. The highest BCUT2D eigenvalue weighted by Gasteiger charge is 2.20. The van der Waals surface area contributed by atoms with Gasteiger partial charge in [0.2, 0.25) is 5.95 Å². The van der Waals surface area contributed by atoms with Crippen molar-refractivity contribution in [3.05, 3.63) is 24.3 Å². The number of nitrogens with two attached hydrogens (primary N) is 1. The van der Waals surface area contributed by atoms with Crippen molar-refractivity contribution in [2.75, 3.05) is 49.9 Å².